The third kappa shape index (κ3) is 2.57. The lowest BCUT2D eigenvalue weighted by Gasteiger charge is -2.51. The first-order valence-electron chi connectivity index (χ1n) is 9.46. The van der Waals surface area contributed by atoms with Crippen molar-refractivity contribution in [2.24, 2.45) is 5.92 Å². The highest BCUT2D eigenvalue weighted by atomic mass is 16.6. The van der Waals surface area contributed by atoms with Crippen LogP contribution in [-0.4, -0.2) is 76.1 Å². The average Bonchev–Trinajstić information content (AvgIpc) is 3.40. The van der Waals surface area contributed by atoms with E-state index in [1.165, 1.54) is 5.56 Å². The maximum atomic E-state index is 12.3. The number of pyridine rings is 1. The normalized spacial score (nSPS) is 27.3. The van der Waals surface area contributed by atoms with Crippen molar-refractivity contribution in [2.75, 3.05) is 32.7 Å². The van der Waals surface area contributed by atoms with Gasteiger partial charge in [0.05, 0.1) is 19.1 Å². The molecule has 0 bridgehead atoms. The Morgan fingerprint density at radius 2 is 2.12 bits per heavy atom. The molecular weight excluding hydrogens is 332 g/mol. The summed E-state index contributed by atoms with van der Waals surface area (Å²) in [7, 11) is 0. The summed E-state index contributed by atoms with van der Waals surface area (Å²) in [6.45, 7) is 6.21. The fourth-order valence-corrected chi connectivity index (χ4v) is 4.42. The standard InChI is InChI=1S/C19H24N4O3/c1-13-2-3-14(8-20-13)9-21-6-7-23-16(10-21)19(26-18(23)25)11-22(12-19)17(24)15-4-5-15/h2-3,8,15-16H,4-7,9-12H2,1H3. The molecule has 1 atom stereocenters. The summed E-state index contributed by atoms with van der Waals surface area (Å²) >= 11 is 0. The number of nitrogens with zero attached hydrogens (tertiary/aromatic N) is 4. The first kappa shape index (κ1) is 16.1. The van der Waals surface area contributed by atoms with Gasteiger partial charge in [0.25, 0.3) is 0 Å². The van der Waals surface area contributed by atoms with E-state index in [0.29, 0.717) is 19.6 Å². The lowest BCUT2D eigenvalue weighted by molar-refractivity contribution is -0.157. The smallest absolute Gasteiger partial charge is 0.411 e. The molecule has 4 heterocycles. The van der Waals surface area contributed by atoms with Crippen molar-refractivity contribution in [3.8, 4) is 0 Å². The predicted molar refractivity (Wildman–Crippen MR) is 93.3 cm³/mol. The third-order valence-electron chi connectivity index (χ3n) is 6.13. The van der Waals surface area contributed by atoms with E-state index < -0.39 is 5.60 Å². The number of rotatable bonds is 3. The number of fused-ring (bicyclic) bond motifs is 2. The van der Waals surface area contributed by atoms with Gasteiger partial charge in [0.15, 0.2) is 5.60 Å². The van der Waals surface area contributed by atoms with Crippen LogP contribution in [0.3, 0.4) is 0 Å². The molecule has 3 aliphatic heterocycles. The summed E-state index contributed by atoms with van der Waals surface area (Å²) < 4.78 is 5.78. The van der Waals surface area contributed by atoms with Crippen LogP contribution in [0.1, 0.15) is 24.1 Å². The Bertz CT molecular complexity index is 740. The molecule has 3 saturated heterocycles. The van der Waals surface area contributed by atoms with Gasteiger partial charge in [0.1, 0.15) is 0 Å². The Morgan fingerprint density at radius 3 is 2.81 bits per heavy atom. The fraction of sp³-hybridized carbons (Fsp3) is 0.632. The van der Waals surface area contributed by atoms with Crippen LogP contribution >= 0.6 is 0 Å². The second-order valence-electron chi connectivity index (χ2n) is 8.15. The number of carbonyl (C=O) groups is 2. The minimum absolute atomic E-state index is 0.0328. The number of piperazine rings is 1. The molecule has 1 aromatic heterocycles. The van der Waals surface area contributed by atoms with Crippen LogP contribution in [0.4, 0.5) is 4.79 Å². The molecule has 1 aromatic rings. The molecule has 1 spiro atoms. The van der Waals surface area contributed by atoms with E-state index in [4.69, 9.17) is 4.74 Å². The number of hydrogen-bond acceptors (Lipinski definition) is 5. The Morgan fingerprint density at radius 1 is 1.31 bits per heavy atom. The van der Waals surface area contributed by atoms with E-state index >= 15 is 0 Å². The molecule has 4 aliphatic rings. The maximum Gasteiger partial charge on any atom is 0.411 e. The number of hydrogen-bond donors (Lipinski definition) is 0. The lowest BCUT2D eigenvalue weighted by atomic mass is 9.84. The molecule has 1 saturated carbocycles. The summed E-state index contributed by atoms with van der Waals surface area (Å²) in [5.74, 6) is 0.459. The molecule has 0 radical (unpaired) electrons. The summed E-state index contributed by atoms with van der Waals surface area (Å²) in [6, 6.07) is 4.17. The molecule has 7 nitrogen and oxygen atoms in total. The second kappa shape index (κ2) is 5.67. The third-order valence-corrected chi connectivity index (χ3v) is 6.13. The van der Waals surface area contributed by atoms with Gasteiger partial charge >= 0.3 is 6.09 Å². The fourth-order valence-electron chi connectivity index (χ4n) is 4.42. The molecule has 5 rings (SSSR count). The highest BCUT2D eigenvalue weighted by molar-refractivity contribution is 5.83. The van der Waals surface area contributed by atoms with Crippen molar-refractivity contribution < 1.29 is 14.3 Å². The Balaban J connectivity index is 1.27. The van der Waals surface area contributed by atoms with E-state index in [0.717, 1.165) is 38.2 Å². The quantitative estimate of drug-likeness (QED) is 0.809. The van der Waals surface area contributed by atoms with Crippen LogP contribution in [0.5, 0.6) is 0 Å². The minimum atomic E-state index is -0.508. The van der Waals surface area contributed by atoms with Crippen LogP contribution < -0.4 is 0 Å². The molecule has 1 aliphatic carbocycles. The van der Waals surface area contributed by atoms with Crippen molar-refractivity contribution in [3.63, 3.8) is 0 Å². The van der Waals surface area contributed by atoms with Gasteiger partial charge in [-0.15, -0.1) is 0 Å². The Kier molecular flexibility index (Phi) is 3.50. The van der Waals surface area contributed by atoms with Gasteiger partial charge in [-0.2, -0.15) is 0 Å². The maximum absolute atomic E-state index is 12.3. The van der Waals surface area contributed by atoms with Gasteiger partial charge in [0, 0.05) is 44.0 Å². The molecule has 2 amide bonds. The Hall–Kier alpha value is -2.15. The highest BCUT2D eigenvalue weighted by Gasteiger charge is 2.63. The second-order valence-corrected chi connectivity index (χ2v) is 8.15. The number of amides is 2. The first-order valence-corrected chi connectivity index (χ1v) is 9.46. The molecule has 26 heavy (non-hydrogen) atoms. The number of carbonyl (C=O) groups excluding carboxylic acids is 2. The van der Waals surface area contributed by atoms with Crippen LogP contribution in [0.25, 0.3) is 0 Å². The van der Waals surface area contributed by atoms with E-state index in [1.54, 1.807) is 0 Å². The molecule has 0 N–H and O–H groups in total. The van der Waals surface area contributed by atoms with Crippen molar-refractivity contribution in [1.82, 2.24) is 19.7 Å². The molecule has 7 heteroatoms. The zero-order chi connectivity index (χ0) is 17.9. The average molecular weight is 356 g/mol. The topological polar surface area (TPSA) is 66.0 Å². The van der Waals surface area contributed by atoms with Gasteiger partial charge in [-0.05, 0) is 31.4 Å². The zero-order valence-electron chi connectivity index (χ0n) is 15.1. The minimum Gasteiger partial charge on any atom is -0.437 e. The van der Waals surface area contributed by atoms with E-state index in [9.17, 15) is 9.59 Å². The van der Waals surface area contributed by atoms with Crippen molar-refractivity contribution >= 4 is 12.0 Å². The van der Waals surface area contributed by atoms with Crippen LogP contribution in [0, 0.1) is 12.8 Å². The summed E-state index contributed by atoms with van der Waals surface area (Å²) in [6.07, 6.45) is 3.73. The lowest BCUT2D eigenvalue weighted by Crippen LogP contribution is -2.72. The highest BCUT2D eigenvalue weighted by Crippen LogP contribution is 2.42. The van der Waals surface area contributed by atoms with Crippen molar-refractivity contribution in [1.29, 1.82) is 0 Å². The number of likely N-dealkylation sites (tertiary alicyclic amines) is 1. The largest absolute Gasteiger partial charge is 0.437 e. The summed E-state index contributed by atoms with van der Waals surface area (Å²) in [4.78, 5) is 35.0. The molecule has 138 valence electrons. The molecule has 4 fully saturated rings. The van der Waals surface area contributed by atoms with Crippen LogP contribution in [0.15, 0.2) is 18.3 Å². The van der Waals surface area contributed by atoms with E-state index in [1.807, 2.05) is 29.0 Å². The Labute approximate surface area is 152 Å². The van der Waals surface area contributed by atoms with Crippen molar-refractivity contribution in [3.05, 3.63) is 29.6 Å². The van der Waals surface area contributed by atoms with Gasteiger partial charge in [-0.1, -0.05) is 6.07 Å². The van der Waals surface area contributed by atoms with Gasteiger partial charge in [-0.3, -0.25) is 19.6 Å². The molecule has 0 aromatic carbocycles. The summed E-state index contributed by atoms with van der Waals surface area (Å²) in [5, 5.41) is 0. The van der Waals surface area contributed by atoms with Gasteiger partial charge in [0.2, 0.25) is 5.91 Å². The monoisotopic (exact) mass is 356 g/mol. The van der Waals surface area contributed by atoms with Gasteiger partial charge < -0.3 is 9.64 Å². The molecule has 1 unspecified atom stereocenters. The number of aryl methyl sites for hydroxylation is 1. The predicted octanol–water partition coefficient (Wildman–Crippen LogP) is 1.02. The van der Waals surface area contributed by atoms with Crippen LogP contribution in [0.2, 0.25) is 0 Å². The van der Waals surface area contributed by atoms with Crippen LogP contribution in [-0.2, 0) is 16.1 Å². The van der Waals surface area contributed by atoms with E-state index in [-0.39, 0.29) is 24.0 Å². The zero-order valence-corrected chi connectivity index (χ0v) is 15.1. The van der Waals surface area contributed by atoms with E-state index in [2.05, 4.69) is 16.0 Å². The van der Waals surface area contributed by atoms with Gasteiger partial charge in [-0.25, -0.2) is 4.79 Å². The molecular formula is C19H24N4O3. The number of ether oxygens (including phenoxy) is 1. The first-order chi connectivity index (χ1) is 12.5. The van der Waals surface area contributed by atoms with Crippen molar-refractivity contribution in [2.45, 2.75) is 38.0 Å². The number of aromatic nitrogens is 1. The summed E-state index contributed by atoms with van der Waals surface area (Å²) in [5.41, 5.74) is 1.69. The SMILES string of the molecule is Cc1ccc(CN2CCN3C(=O)OC4(CN(C(=O)C5CC5)C4)C3C2)cn1.